The van der Waals surface area contributed by atoms with Crippen molar-refractivity contribution in [1.29, 1.82) is 5.26 Å². The van der Waals surface area contributed by atoms with Crippen LogP contribution in [0.25, 0.3) is 0 Å². The molecule has 0 N–H and O–H groups in total. The molecule has 1 rings (SSSR count). The van der Waals surface area contributed by atoms with E-state index in [2.05, 4.69) is 4.98 Å². The summed E-state index contributed by atoms with van der Waals surface area (Å²) in [5.41, 5.74) is 0.216. The zero-order valence-electron chi connectivity index (χ0n) is 10.6. The van der Waals surface area contributed by atoms with E-state index in [9.17, 15) is 9.18 Å². The highest BCUT2D eigenvalue weighted by atomic mass is 19.1. The van der Waals surface area contributed by atoms with Gasteiger partial charge in [-0.3, -0.25) is 9.78 Å². The van der Waals surface area contributed by atoms with E-state index in [1.54, 1.807) is 4.90 Å². The first-order valence-electron chi connectivity index (χ1n) is 5.81. The largest absolute Gasteiger partial charge is 0.337 e. The minimum Gasteiger partial charge on any atom is -0.337 e. The van der Waals surface area contributed by atoms with Gasteiger partial charge in [0.2, 0.25) is 0 Å². The molecule has 0 aromatic carbocycles. The Balaban J connectivity index is 2.84. The fraction of sp³-hybridized carbons (Fsp3) is 0.462. The Bertz CT molecular complexity index is 454. The molecule has 96 valence electrons. The average Bonchev–Trinajstić information content (AvgIpc) is 2.33. The van der Waals surface area contributed by atoms with Gasteiger partial charge in [-0.15, -0.1) is 0 Å². The van der Waals surface area contributed by atoms with Gasteiger partial charge in [0.05, 0.1) is 24.3 Å². The standard InChI is InChI=1S/C13H16FN3O/c1-10(2)9-17(5-3-4-15)13(18)11-6-12(14)8-16-7-11/h6-8,10H,3,5,9H2,1-2H3. The predicted octanol–water partition coefficient (Wildman–Crippen LogP) is 2.23. The first-order valence-corrected chi connectivity index (χ1v) is 5.81. The average molecular weight is 249 g/mol. The van der Waals surface area contributed by atoms with Crippen LogP contribution in [0.4, 0.5) is 4.39 Å². The highest BCUT2D eigenvalue weighted by Gasteiger charge is 2.17. The van der Waals surface area contributed by atoms with Crippen LogP contribution in [0.15, 0.2) is 18.5 Å². The Kier molecular flexibility index (Phi) is 5.25. The van der Waals surface area contributed by atoms with E-state index in [4.69, 9.17) is 5.26 Å². The number of carbonyl (C=O) groups is 1. The Hall–Kier alpha value is -1.96. The summed E-state index contributed by atoms with van der Waals surface area (Å²) in [5, 5.41) is 8.59. The van der Waals surface area contributed by atoms with Crippen LogP contribution in [-0.2, 0) is 0 Å². The summed E-state index contributed by atoms with van der Waals surface area (Å²) < 4.78 is 13.0. The lowest BCUT2D eigenvalue weighted by Crippen LogP contribution is -2.35. The van der Waals surface area contributed by atoms with Gasteiger partial charge in [0.1, 0.15) is 5.82 Å². The third kappa shape index (κ3) is 4.13. The number of halogens is 1. The minimum absolute atomic E-state index is 0.216. The Morgan fingerprint density at radius 3 is 2.83 bits per heavy atom. The van der Waals surface area contributed by atoms with Gasteiger partial charge in [-0.1, -0.05) is 13.8 Å². The van der Waals surface area contributed by atoms with E-state index in [1.165, 1.54) is 6.20 Å². The molecule has 0 radical (unpaired) electrons. The molecule has 0 aliphatic carbocycles. The van der Waals surface area contributed by atoms with Crippen molar-refractivity contribution in [3.05, 3.63) is 29.8 Å². The summed E-state index contributed by atoms with van der Waals surface area (Å²) in [6.45, 7) is 4.86. The van der Waals surface area contributed by atoms with E-state index < -0.39 is 5.82 Å². The molecule has 1 aromatic rings. The molecule has 1 aromatic heterocycles. The van der Waals surface area contributed by atoms with Gasteiger partial charge in [-0.25, -0.2) is 4.39 Å². The van der Waals surface area contributed by atoms with E-state index >= 15 is 0 Å². The second kappa shape index (κ2) is 6.70. The van der Waals surface area contributed by atoms with Gasteiger partial charge in [0.15, 0.2) is 0 Å². The number of nitrogens with zero attached hydrogens (tertiary/aromatic N) is 3. The summed E-state index contributed by atoms with van der Waals surface area (Å²) in [4.78, 5) is 17.4. The number of hydrogen-bond donors (Lipinski definition) is 0. The topological polar surface area (TPSA) is 57.0 Å². The van der Waals surface area contributed by atoms with Crippen molar-refractivity contribution in [3.8, 4) is 6.07 Å². The lowest BCUT2D eigenvalue weighted by molar-refractivity contribution is 0.0739. The molecule has 0 atom stereocenters. The number of rotatable bonds is 5. The summed E-state index contributed by atoms with van der Waals surface area (Å²) in [6, 6.07) is 3.17. The minimum atomic E-state index is -0.536. The third-order valence-corrected chi connectivity index (χ3v) is 2.32. The maximum atomic E-state index is 13.0. The maximum absolute atomic E-state index is 13.0. The molecular weight excluding hydrogens is 233 g/mol. The van der Waals surface area contributed by atoms with Gasteiger partial charge in [0.25, 0.3) is 5.91 Å². The maximum Gasteiger partial charge on any atom is 0.255 e. The van der Waals surface area contributed by atoms with Crippen LogP contribution >= 0.6 is 0 Å². The van der Waals surface area contributed by atoms with Crippen LogP contribution in [0, 0.1) is 23.1 Å². The van der Waals surface area contributed by atoms with Crippen molar-refractivity contribution in [2.24, 2.45) is 5.92 Å². The first kappa shape index (κ1) is 14.1. The van der Waals surface area contributed by atoms with Crippen LogP contribution in [-0.4, -0.2) is 28.9 Å². The fourth-order valence-electron chi connectivity index (χ4n) is 1.61. The number of aromatic nitrogens is 1. The normalized spacial score (nSPS) is 10.2. The monoisotopic (exact) mass is 249 g/mol. The van der Waals surface area contributed by atoms with Crippen LogP contribution in [0.2, 0.25) is 0 Å². The smallest absolute Gasteiger partial charge is 0.255 e. The molecule has 0 saturated carbocycles. The van der Waals surface area contributed by atoms with E-state index in [0.717, 1.165) is 12.3 Å². The van der Waals surface area contributed by atoms with Gasteiger partial charge < -0.3 is 4.90 Å². The molecule has 0 bridgehead atoms. The van der Waals surface area contributed by atoms with Crippen molar-refractivity contribution in [1.82, 2.24) is 9.88 Å². The SMILES string of the molecule is CC(C)CN(CCC#N)C(=O)c1cncc(F)c1. The quantitative estimate of drug-likeness (QED) is 0.804. The first-order chi connectivity index (χ1) is 8.54. The van der Waals surface area contributed by atoms with Crippen molar-refractivity contribution in [2.45, 2.75) is 20.3 Å². The molecule has 4 nitrogen and oxygen atoms in total. The Morgan fingerprint density at radius 2 is 2.28 bits per heavy atom. The van der Waals surface area contributed by atoms with Gasteiger partial charge >= 0.3 is 0 Å². The lowest BCUT2D eigenvalue weighted by Gasteiger charge is -2.23. The van der Waals surface area contributed by atoms with Gasteiger partial charge in [0, 0.05) is 19.3 Å². The second-order valence-corrected chi connectivity index (χ2v) is 4.44. The molecule has 18 heavy (non-hydrogen) atoms. The van der Waals surface area contributed by atoms with Crippen molar-refractivity contribution >= 4 is 5.91 Å². The van der Waals surface area contributed by atoms with Crippen LogP contribution in [0.1, 0.15) is 30.6 Å². The van der Waals surface area contributed by atoms with Crippen molar-refractivity contribution in [2.75, 3.05) is 13.1 Å². The highest BCUT2D eigenvalue weighted by Crippen LogP contribution is 2.08. The second-order valence-electron chi connectivity index (χ2n) is 4.44. The summed E-state index contributed by atoms with van der Waals surface area (Å²) in [7, 11) is 0. The van der Waals surface area contributed by atoms with Crippen LogP contribution < -0.4 is 0 Å². The molecule has 1 heterocycles. The van der Waals surface area contributed by atoms with Gasteiger partial charge in [-0.2, -0.15) is 5.26 Å². The third-order valence-electron chi connectivity index (χ3n) is 2.32. The highest BCUT2D eigenvalue weighted by molar-refractivity contribution is 5.93. The molecule has 0 fully saturated rings. The van der Waals surface area contributed by atoms with E-state index in [0.29, 0.717) is 13.1 Å². The fourth-order valence-corrected chi connectivity index (χ4v) is 1.61. The van der Waals surface area contributed by atoms with Crippen molar-refractivity contribution in [3.63, 3.8) is 0 Å². The molecule has 0 unspecified atom stereocenters. The van der Waals surface area contributed by atoms with Gasteiger partial charge in [-0.05, 0) is 12.0 Å². The molecule has 1 amide bonds. The zero-order valence-corrected chi connectivity index (χ0v) is 10.6. The summed E-state index contributed by atoms with van der Waals surface area (Å²) in [6.07, 6.45) is 2.66. The van der Waals surface area contributed by atoms with E-state index in [-0.39, 0.29) is 23.8 Å². The lowest BCUT2D eigenvalue weighted by atomic mass is 10.1. The van der Waals surface area contributed by atoms with Crippen LogP contribution in [0.5, 0.6) is 0 Å². The zero-order chi connectivity index (χ0) is 13.5. The summed E-state index contributed by atoms with van der Waals surface area (Å²) >= 11 is 0. The van der Waals surface area contributed by atoms with E-state index in [1.807, 2.05) is 19.9 Å². The number of amides is 1. The molecule has 0 aliphatic heterocycles. The van der Waals surface area contributed by atoms with Crippen molar-refractivity contribution < 1.29 is 9.18 Å². The summed E-state index contributed by atoms with van der Waals surface area (Å²) in [5.74, 6) is -0.536. The molecular formula is C13H16FN3O. The molecule has 0 saturated heterocycles. The Labute approximate surface area is 106 Å². The number of carbonyl (C=O) groups excluding carboxylic acids is 1. The molecule has 0 aliphatic rings. The predicted molar refractivity (Wildman–Crippen MR) is 65.2 cm³/mol. The van der Waals surface area contributed by atoms with Crippen LogP contribution in [0.3, 0.4) is 0 Å². The molecule has 5 heteroatoms. The number of nitriles is 1. The number of hydrogen-bond acceptors (Lipinski definition) is 3. The Morgan fingerprint density at radius 1 is 1.56 bits per heavy atom. The molecule has 0 spiro atoms. The number of pyridine rings is 1.